The average molecular weight is 366 g/mol. The van der Waals surface area contributed by atoms with Crippen molar-refractivity contribution < 1.29 is 23.8 Å². The fraction of sp³-hybridized carbons (Fsp3) is 0.250. The van der Waals surface area contributed by atoms with Crippen LogP contribution in [0, 0.1) is 11.3 Å². The van der Waals surface area contributed by atoms with Gasteiger partial charge in [-0.3, -0.25) is 9.59 Å². The monoisotopic (exact) mass is 366 g/mol. The Labute approximate surface area is 156 Å². The van der Waals surface area contributed by atoms with Gasteiger partial charge in [0.05, 0.1) is 30.9 Å². The lowest BCUT2D eigenvalue weighted by molar-refractivity contribution is -0.134. The molecule has 1 atom stereocenters. The number of methoxy groups -OCH3 is 1. The molecular weight excluding hydrogens is 348 g/mol. The molecule has 0 N–H and O–H groups in total. The first-order valence-electron chi connectivity index (χ1n) is 8.39. The zero-order valence-electron chi connectivity index (χ0n) is 15.0. The normalized spacial score (nSPS) is 15.4. The number of carbonyl (C=O) groups is 2. The van der Waals surface area contributed by atoms with Crippen molar-refractivity contribution >= 4 is 17.6 Å². The number of hydrogen-bond acceptors (Lipinski definition) is 6. The third-order valence-electron chi connectivity index (χ3n) is 4.13. The molecule has 0 aliphatic carbocycles. The predicted molar refractivity (Wildman–Crippen MR) is 96.8 cm³/mol. The Kier molecular flexibility index (Phi) is 5.27. The minimum absolute atomic E-state index is 0.00402. The van der Waals surface area contributed by atoms with E-state index in [1.807, 2.05) is 12.1 Å². The molecule has 1 heterocycles. The maximum atomic E-state index is 12.4. The molecule has 0 radical (unpaired) electrons. The van der Waals surface area contributed by atoms with Crippen LogP contribution >= 0.6 is 0 Å². The number of rotatable bonds is 5. The molecular formula is C20H18N2O5. The standard InChI is InChI=1S/C20H18N2O5/c1-13-20(24)22(15-5-3-4-6-16(15)26-13)10-9-19(23)27-17-8-7-14(12-21)11-18(17)25-2/h3-8,11,13H,9-10H2,1-2H3. The Morgan fingerprint density at radius 2 is 2.04 bits per heavy atom. The molecule has 2 aromatic carbocycles. The highest BCUT2D eigenvalue weighted by Crippen LogP contribution is 2.34. The van der Waals surface area contributed by atoms with Gasteiger partial charge in [0.15, 0.2) is 17.6 Å². The molecule has 138 valence electrons. The summed E-state index contributed by atoms with van der Waals surface area (Å²) in [5, 5.41) is 8.92. The van der Waals surface area contributed by atoms with Gasteiger partial charge in [-0.05, 0) is 31.2 Å². The van der Waals surface area contributed by atoms with Gasteiger partial charge < -0.3 is 19.1 Å². The topological polar surface area (TPSA) is 88.9 Å². The number of nitriles is 1. The summed E-state index contributed by atoms with van der Waals surface area (Å²) in [5.41, 5.74) is 1.03. The number of anilines is 1. The van der Waals surface area contributed by atoms with E-state index in [4.69, 9.17) is 19.5 Å². The van der Waals surface area contributed by atoms with E-state index in [2.05, 4.69) is 0 Å². The van der Waals surface area contributed by atoms with Crippen LogP contribution in [-0.4, -0.2) is 31.6 Å². The van der Waals surface area contributed by atoms with Crippen LogP contribution < -0.4 is 19.1 Å². The van der Waals surface area contributed by atoms with E-state index in [1.54, 1.807) is 25.1 Å². The van der Waals surface area contributed by atoms with Crippen LogP contribution in [0.5, 0.6) is 17.2 Å². The second-order valence-corrected chi connectivity index (χ2v) is 5.92. The van der Waals surface area contributed by atoms with Crippen LogP contribution in [0.2, 0.25) is 0 Å². The summed E-state index contributed by atoms with van der Waals surface area (Å²) in [6, 6.07) is 13.7. The average Bonchev–Trinajstić information content (AvgIpc) is 2.68. The molecule has 0 aromatic heterocycles. The first-order chi connectivity index (χ1) is 13.0. The highest BCUT2D eigenvalue weighted by atomic mass is 16.6. The summed E-state index contributed by atoms with van der Waals surface area (Å²) in [7, 11) is 1.43. The summed E-state index contributed by atoms with van der Waals surface area (Å²) in [6.45, 7) is 1.84. The predicted octanol–water partition coefficient (Wildman–Crippen LogP) is 2.68. The molecule has 27 heavy (non-hydrogen) atoms. The summed E-state index contributed by atoms with van der Waals surface area (Å²) in [4.78, 5) is 26.2. The molecule has 2 aromatic rings. The SMILES string of the molecule is COc1cc(C#N)ccc1OC(=O)CCN1C(=O)C(C)Oc2ccccc21. The van der Waals surface area contributed by atoms with Crippen molar-refractivity contribution in [2.75, 3.05) is 18.6 Å². The first-order valence-corrected chi connectivity index (χ1v) is 8.39. The Morgan fingerprint density at radius 1 is 1.26 bits per heavy atom. The number of benzene rings is 2. The second kappa shape index (κ2) is 7.79. The maximum absolute atomic E-state index is 12.4. The van der Waals surface area contributed by atoms with Crippen molar-refractivity contribution in [2.24, 2.45) is 0 Å². The Hall–Kier alpha value is -3.53. The number of nitrogens with zero attached hydrogens (tertiary/aromatic N) is 2. The van der Waals surface area contributed by atoms with E-state index >= 15 is 0 Å². The van der Waals surface area contributed by atoms with E-state index in [9.17, 15) is 9.59 Å². The van der Waals surface area contributed by atoms with Crippen molar-refractivity contribution in [3.63, 3.8) is 0 Å². The lowest BCUT2D eigenvalue weighted by atomic mass is 10.2. The van der Waals surface area contributed by atoms with E-state index in [-0.39, 0.29) is 24.6 Å². The number of fused-ring (bicyclic) bond motifs is 1. The van der Waals surface area contributed by atoms with Gasteiger partial charge >= 0.3 is 5.97 Å². The summed E-state index contributed by atoms with van der Waals surface area (Å²) < 4.78 is 16.1. The molecule has 0 spiro atoms. The quantitative estimate of drug-likeness (QED) is 0.597. The highest BCUT2D eigenvalue weighted by Gasteiger charge is 2.31. The molecule has 0 bridgehead atoms. The third-order valence-corrected chi connectivity index (χ3v) is 4.13. The van der Waals surface area contributed by atoms with Crippen LogP contribution in [-0.2, 0) is 9.59 Å². The molecule has 1 aliphatic heterocycles. The number of para-hydroxylation sites is 2. The molecule has 7 heteroatoms. The van der Waals surface area contributed by atoms with Crippen LogP contribution in [0.25, 0.3) is 0 Å². The van der Waals surface area contributed by atoms with Crippen molar-refractivity contribution in [3.05, 3.63) is 48.0 Å². The smallest absolute Gasteiger partial charge is 0.313 e. The van der Waals surface area contributed by atoms with Gasteiger partial charge in [0.2, 0.25) is 0 Å². The number of amides is 1. The molecule has 0 fully saturated rings. The Morgan fingerprint density at radius 3 is 2.78 bits per heavy atom. The molecule has 1 unspecified atom stereocenters. The zero-order chi connectivity index (χ0) is 19.4. The van der Waals surface area contributed by atoms with Gasteiger partial charge in [-0.15, -0.1) is 0 Å². The summed E-state index contributed by atoms with van der Waals surface area (Å²) in [5.74, 6) is 0.402. The number of hydrogen-bond donors (Lipinski definition) is 0. The van der Waals surface area contributed by atoms with Gasteiger partial charge in [0.25, 0.3) is 5.91 Å². The van der Waals surface area contributed by atoms with Crippen LogP contribution in [0.3, 0.4) is 0 Å². The molecule has 7 nitrogen and oxygen atoms in total. The summed E-state index contributed by atoms with van der Waals surface area (Å²) in [6.07, 6.45) is -0.620. The van der Waals surface area contributed by atoms with E-state index in [0.29, 0.717) is 22.7 Å². The highest BCUT2D eigenvalue weighted by molar-refractivity contribution is 6.00. The first kappa shape index (κ1) is 18.3. The number of carbonyl (C=O) groups excluding carboxylic acids is 2. The third kappa shape index (κ3) is 3.85. The van der Waals surface area contributed by atoms with Gasteiger partial charge in [0, 0.05) is 12.6 Å². The molecule has 3 rings (SSSR count). The van der Waals surface area contributed by atoms with E-state index in [1.165, 1.54) is 30.2 Å². The van der Waals surface area contributed by atoms with Crippen LogP contribution in [0.1, 0.15) is 18.9 Å². The van der Waals surface area contributed by atoms with Gasteiger partial charge in [-0.25, -0.2) is 0 Å². The molecule has 1 aliphatic rings. The van der Waals surface area contributed by atoms with Crippen molar-refractivity contribution in [3.8, 4) is 23.3 Å². The van der Waals surface area contributed by atoms with Crippen LogP contribution in [0.15, 0.2) is 42.5 Å². The lowest BCUT2D eigenvalue weighted by Gasteiger charge is -2.32. The maximum Gasteiger partial charge on any atom is 0.313 e. The fourth-order valence-electron chi connectivity index (χ4n) is 2.79. The number of ether oxygens (including phenoxy) is 3. The Bertz CT molecular complexity index is 919. The van der Waals surface area contributed by atoms with E-state index < -0.39 is 12.1 Å². The minimum atomic E-state index is -0.616. The largest absolute Gasteiger partial charge is 0.493 e. The van der Waals surface area contributed by atoms with Crippen molar-refractivity contribution in [2.45, 2.75) is 19.4 Å². The van der Waals surface area contributed by atoms with E-state index in [0.717, 1.165) is 0 Å². The van der Waals surface area contributed by atoms with Crippen LogP contribution in [0.4, 0.5) is 5.69 Å². The molecule has 0 saturated heterocycles. The van der Waals surface area contributed by atoms with Crippen molar-refractivity contribution in [1.29, 1.82) is 5.26 Å². The minimum Gasteiger partial charge on any atom is -0.493 e. The van der Waals surface area contributed by atoms with Crippen molar-refractivity contribution in [1.82, 2.24) is 0 Å². The van der Waals surface area contributed by atoms with Gasteiger partial charge in [-0.1, -0.05) is 12.1 Å². The zero-order valence-corrected chi connectivity index (χ0v) is 15.0. The second-order valence-electron chi connectivity index (χ2n) is 5.92. The van der Waals surface area contributed by atoms with Gasteiger partial charge in [0.1, 0.15) is 5.75 Å². The fourth-order valence-corrected chi connectivity index (χ4v) is 2.79. The summed E-state index contributed by atoms with van der Waals surface area (Å²) >= 11 is 0. The molecule has 1 amide bonds. The lowest BCUT2D eigenvalue weighted by Crippen LogP contribution is -2.45. The molecule has 0 saturated carbocycles. The Balaban J connectivity index is 1.69. The number of esters is 1. The van der Waals surface area contributed by atoms with Gasteiger partial charge in [-0.2, -0.15) is 5.26 Å².